The Bertz CT molecular complexity index is 1280. The minimum atomic E-state index is -4.65. The van der Waals surface area contributed by atoms with E-state index in [1.165, 1.54) is 18.3 Å². The van der Waals surface area contributed by atoms with Gasteiger partial charge in [-0.15, -0.1) is 0 Å². The molecular weight excluding hydrogens is 541 g/mol. The monoisotopic (exact) mass is 566 g/mol. The van der Waals surface area contributed by atoms with Crippen molar-refractivity contribution >= 4 is 43.2 Å². The molecule has 0 saturated heterocycles. The molecule has 38 heavy (non-hydrogen) atoms. The van der Waals surface area contributed by atoms with Gasteiger partial charge in [-0.1, -0.05) is 11.6 Å². The van der Waals surface area contributed by atoms with Crippen LogP contribution in [0.15, 0.2) is 60.8 Å². The van der Waals surface area contributed by atoms with Crippen molar-refractivity contribution in [2.45, 2.75) is 31.7 Å². The van der Waals surface area contributed by atoms with Gasteiger partial charge < -0.3 is 25.5 Å². The molecule has 0 saturated carbocycles. The van der Waals surface area contributed by atoms with Gasteiger partial charge in [0.1, 0.15) is 17.2 Å². The zero-order valence-corrected chi connectivity index (χ0v) is 22.3. The van der Waals surface area contributed by atoms with Crippen LogP contribution < -0.4 is 20.7 Å². The second-order valence-corrected chi connectivity index (χ2v) is 13.5. The number of carbonyl (C=O) groups excluding carboxylic acids is 2. The second kappa shape index (κ2) is 12.3. The van der Waals surface area contributed by atoms with Gasteiger partial charge in [0.15, 0.2) is 8.32 Å². The normalized spacial score (nSPS) is 11.6. The summed E-state index contributed by atoms with van der Waals surface area (Å²) in [6, 6.07) is 12.3. The van der Waals surface area contributed by atoms with Crippen molar-refractivity contribution < 1.29 is 32.3 Å². The number of alkyl halides is 3. The Labute approximate surface area is 223 Å². The Morgan fingerprint density at radius 2 is 1.66 bits per heavy atom. The summed E-state index contributed by atoms with van der Waals surface area (Å²) in [7, 11) is -2.16. The molecule has 0 spiro atoms. The molecule has 8 nitrogen and oxygen atoms in total. The summed E-state index contributed by atoms with van der Waals surface area (Å²) in [6.07, 6.45) is -2.54. The quantitative estimate of drug-likeness (QED) is 0.174. The summed E-state index contributed by atoms with van der Waals surface area (Å²) in [6.45, 7) is 4.10. The molecule has 1 aromatic heterocycles. The number of nitrogens with zero attached hydrogens (tertiary/aromatic N) is 1. The van der Waals surface area contributed by atoms with E-state index in [0.29, 0.717) is 36.2 Å². The molecule has 0 radical (unpaired) electrons. The molecule has 0 aliphatic carbocycles. The fourth-order valence-electron chi connectivity index (χ4n) is 3.27. The topological polar surface area (TPSA) is 113 Å². The van der Waals surface area contributed by atoms with Gasteiger partial charge in [0, 0.05) is 30.2 Å². The van der Waals surface area contributed by atoms with Gasteiger partial charge in [0.2, 0.25) is 0 Å². The molecule has 2 aromatic carbocycles. The predicted molar refractivity (Wildman–Crippen MR) is 141 cm³/mol. The highest BCUT2D eigenvalue weighted by molar-refractivity contribution is 6.69. The molecule has 202 valence electrons. The standard InChI is InChI=1S/C25H26ClF3N4O4Si/c1-38(2,36)13-3-11-31-23(34)22-15-19(10-12-30-22)37-18-7-4-16(5-8-18)32-24(35)33-17-6-9-21(26)20(14-17)25(27,28)29/h4-10,12,14-15,36H,3,11,13H2,1-2H3,(H,31,34)(H2,32,33,35). The van der Waals surface area contributed by atoms with Gasteiger partial charge >= 0.3 is 12.2 Å². The van der Waals surface area contributed by atoms with Crippen molar-refractivity contribution in [3.8, 4) is 11.5 Å². The number of amides is 3. The maximum atomic E-state index is 13.0. The van der Waals surface area contributed by atoms with Crippen LogP contribution in [0.1, 0.15) is 22.5 Å². The van der Waals surface area contributed by atoms with Crippen molar-refractivity contribution in [3.05, 3.63) is 77.1 Å². The number of benzene rings is 2. The van der Waals surface area contributed by atoms with Crippen LogP contribution in [0.5, 0.6) is 11.5 Å². The number of anilines is 2. The number of hydrogen-bond donors (Lipinski definition) is 4. The molecule has 3 amide bonds. The number of carbonyl (C=O) groups is 2. The summed E-state index contributed by atoms with van der Waals surface area (Å²) in [5.41, 5.74) is -0.587. The van der Waals surface area contributed by atoms with Gasteiger partial charge in [0.05, 0.1) is 10.6 Å². The molecular formula is C25H26ClF3N4O4Si. The average Bonchev–Trinajstić information content (AvgIpc) is 2.83. The third kappa shape index (κ3) is 9.05. The first-order valence-corrected chi connectivity index (χ1v) is 15.0. The molecule has 0 aliphatic rings. The van der Waals surface area contributed by atoms with E-state index in [9.17, 15) is 27.6 Å². The van der Waals surface area contributed by atoms with Gasteiger partial charge in [-0.2, -0.15) is 13.2 Å². The molecule has 1 heterocycles. The number of rotatable bonds is 9. The third-order valence-corrected chi connectivity index (χ3v) is 7.00. The van der Waals surface area contributed by atoms with E-state index in [1.807, 2.05) is 13.1 Å². The highest BCUT2D eigenvalue weighted by Crippen LogP contribution is 2.36. The summed E-state index contributed by atoms with van der Waals surface area (Å²) in [5.74, 6) is 0.424. The van der Waals surface area contributed by atoms with Crippen LogP contribution in [-0.4, -0.2) is 36.6 Å². The van der Waals surface area contributed by atoms with Crippen LogP contribution in [0, 0.1) is 0 Å². The largest absolute Gasteiger partial charge is 0.457 e. The van der Waals surface area contributed by atoms with Gasteiger partial charge in [0.25, 0.3) is 5.91 Å². The Hall–Kier alpha value is -3.61. The van der Waals surface area contributed by atoms with E-state index in [4.69, 9.17) is 16.3 Å². The lowest BCUT2D eigenvalue weighted by Crippen LogP contribution is -2.29. The highest BCUT2D eigenvalue weighted by atomic mass is 35.5. The maximum Gasteiger partial charge on any atom is 0.417 e. The summed E-state index contributed by atoms with van der Waals surface area (Å²) in [4.78, 5) is 38.5. The number of pyridine rings is 1. The number of aromatic nitrogens is 1. The molecule has 0 fully saturated rings. The SMILES string of the molecule is C[Si](C)(O)CCCNC(=O)c1cc(Oc2ccc(NC(=O)Nc3ccc(Cl)c(C(F)(F)F)c3)cc2)ccn1. The summed E-state index contributed by atoms with van der Waals surface area (Å²) >= 11 is 5.59. The molecule has 0 unspecified atom stereocenters. The highest BCUT2D eigenvalue weighted by Gasteiger charge is 2.33. The molecule has 3 rings (SSSR count). The smallest absolute Gasteiger partial charge is 0.417 e. The fourth-order valence-corrected chi connectivity index (χ4v) is 4.54. The summed E-state index contributed by atoms with van der Waals surface area (Å²) < 4.78 is 44.8. The lowest BCUT2D eigenvalue weighted by molar-refractivity contribution is -0.137. The number of urea groups is 1. The molecule has 0 bridgehead atoms. The van der Waals surface area contributed by atoms with Crippen LogP contribution in [0.25, 0.3) is 0 Å². The first-order valence-electron chi connectivity index (χ1n) is 11.5. The van der Waals surface area contributed by atoms with E-state index in [1.54, 1.807) is 30.3 Å². The van der Waals surface area contributed by atoms with Crippen LogP contribution in [0.2, 0.25) is 24.2 Å². The number of nitrogens with one attached hydrogen (secondary N) is 3. The Morgan fingerprint density at radius 1 is 1.00 bits per heavy atom. The predicted octanol–water partition coefficient (Wildman–Crippen LogP) is 6.51. The molecule has 13 heteroatoms. The first-order chi connectivity index (χ1) is 17.8. The van der Waals surface area contributed by atoms with Crippen LogP contribution in [0.4, 0.5) is 29.3 Å². The number of ether oxygens (including phenoxy) is 1. The van der Waals surface area contributed by atoms with Crippen molar-refractivity contribution in [2.75, 3.05) is 17.2 Å². The van der Waals surface area contributed by atoms with Crippen molar-refractivity contribution in [1.29, 1.82) is 0 Å². The molecule has 4 N–H and O–H groups in total. The Morgan fingerprint density at radius 3 is 2.32 bits per heavy atom. The number of hydrogen-bond acceptors (Lipinski definition) is 5. The van der Waals surface area contributed by atoms with Crippen LogP contribution in [-0.2, 0) is 6.18 Å². The zero-order chi connectivity index (χ0) is 27.9. The second-order valence-electron chi connectivity index (χ2n) is 8.95. The van der Waals surface area contributed by atoms with E-state index < -0.39 is 31.1 Å². The first kappa shape index (κ1) is 29.0. The number of halogens is 4. The minimum absolute atomic E-state index is 0.0733. The lowest BCUT2D eigenvalue weighted by atomic mass is 10.2. The van der Waals surface area contributed by atoms with Crippen LogP contribution >= 0.6 is 11.6 Å². The van der Waals surface area contributed by atoms with Gasteiger partial charge in [-0.3, -0.25) is 9.78 Å². The lowest BCUT2D eigenvalue weighted by Gasteiger charge is -2.13. The van der Waals surface area contributed by atoms with E-state index in [2.05, 4.69) is 20.9 Å². The van der Waals surface area contributed by atoms with Crippen molar-refractivity contribution in [2.24, 2.45) is 0 Å². The zero-order valence-electron chi connectivity index (χ0n) is 20.5. The Balaban J connectivity index is 1.54. The van der Waals surface area contributed by atoms with Gasteiger partial charge in [-0.05, 0) is 74.1 Å². The molecule has 0 atom stereocenters. The fraction of sp³-hybridized carbons (Fsp3) is 0.240. The Kier molecular flexibility index (Phi) is 9.36. The minimum Gasteiger partial charge on any atom is -0.457 e. The summed E-state index contributed by atoms with van der Waals surface area (Å²) in [5, 5.41) is 7.14. The van der Waals surface area contributed by atoms with Crippen molar-refractivity contribution in [3.63, 3.8) is 0 Å². The van der Waals surface area contributed by atoms with Crippen molar-refractivity contribution in [1.82, 2.24) is 10.3 Å². The molecule has 3 aromatic rings. The average molecular weight is 567 g/mol. The third-order valence-electron chi connectivity index (χ3n) is 5.09. The van der Waals surface area contributed by atoms with E-state index in [-0.39, 0.29) is 17.3 Å². The maximum absolute atomic E-state index is 13.0. The van der Waals surface area contributed by atoms with Crippen LogP contribution in [0.3, 0.4) is 0 Å². The van der Waals surface area contributed by atoms with Gasteiger partial charge in [-0.25, -0.2) is 4.79 Å². The van der Waals surface area contributed by atoms with E-state index >= 15 is 0 Å². The molecule has 0 aliphatic heterocycles. The van der Waals surface area contributed by atoms with E-state index in [0.717, 1.165) is 12.1 Å².